The summed E-state index contributed by atoms with van der Waals surface area (Å²) in [5.74, 6) is -0.483. The lowest BCUT2D eigenvalue weighted by Crippen LogP contribution is -2.51. The van der Waals surface area contributed by atoms with Gasteiger partial charge in [-0.25, -0.2) is 8.78 Å². The van der Waals surface area contributed by atoms with Crippen molar-refractivity contribution in [1.82, 2.24) is 10.2 Å². The molecule has 3 aromatic carbocycles. The zero-order valence-corrected chi connectivity index (χ0v) is 20.7. The predicted molar refractivity (Wildman–Crippen MR) is 137 cm³/mol. The molecule has 38 heavy (non-hydrogen) atoms. The molecule has 1 saturated heterocycles. The Morgan fingerprint density at radius 1 is 0.868 bits per heavy atom. The van der Waals surface area contributed by atoms with Crippen molar-refractivity contribution in [3.8, 4) is 11.5 Å². The second-order valence-electron chi connectivity index (χ2n) is 8.72. The molecular weight excluding hydrogens is 496 g/mol. The van der Waals surface area contributed by atoms with Crippen molar-refractivity contribution >= 4 is 17.5 Å². The summed E-state index contributed by atoms with van der Waals surface area (Å²) < 4.78 is 42.9. The third kappa shape index (κ3) is 8.62. The number of morpholine rings is 1. The molecule has 3 aromatic rings. The molecule has 1 heterocycles. The highest BCUT2D eigenvalue weighted by atomic mass is 19.1. The van der Waals surface area contributed by atoms with Crippen LogP contribution in [-0.2, 0) is 25.7 Å². The molecule has 10 heteroatoms. The zero-order valence-electron chi connectivity index (χ0n) is 20.7. The van der Waals surface area contributed by atoms with E-state index in [0.717, 1.165) is 5.56 Å². The second-order valence-corrected chi connectivity index (χ2v) is 8.72. The van der Waals surface area contributed by atoms with Gasteiger partial charge >= 0.3 is 0 Å². The number of nitrogens with one attached hydrogen (secondary N) is 2. The lowest BCUT2D eigenvalue weighted by Gasteiger charge is -2.27. The minimum Gasteiger partial charge on any atom is -0.457 e. The Hall–Kier alpha value is -3.86. The second kappa shape index (κ2) is 13.6. The Bertz CT molecular complexity index is 1180. The molecule has 1 aliphatic rings. The molecule has 1 aliphatic heterocycles. The van der Waals surface area contributed by atoms with E-state index in [4.69, 9.17) is 14.2 Å². The number of hydrogen-bond acceptors (Lipinski definition) is 6. The van der Waals surface area contributed by atoms with Gasteiger partial charge in [0, 0.05) is 18.8 Å². The van der Waals surface area contributed by atoms with E-state index in [1.807, 2.05) is 4.90 Å². The maximum Gasteiger partial charge on any atom is 0.249 e. The molecule has 0 radical (unpaired) electrons. The van der Waals surface area contributed by atoms with Gasteiger partial charge in [0.1, 0.15) is 29.2 Å². The third-order valence-electron chi connectivity index (χ3n) is 5.76. The van der Waals surface area contributed by atoms with Gasteiger partial charge in [0.05, 0.1) is 33.0 Å². The van der Waals surface area contributed by atoms with E-state index in [-0.39, 0.29) is 37.3 Å². The molecule has 200 valence electrons. The van der Waals surface area contributed by atoms with Gasteiger partial charge in [0.25, 0.3) is 0 Å². The van der Waals surface area contributed by atoms with Crippen LogP contribution in [0, 0.1) is 11.6 Å². The number of rotatable bonds is 11. The highest BCUT2D eigenvalue weighted by Crippen LogP contribution is 2.23. The standard InChI is InChI=1S/C28H29F2N3O5/c29-21-3-1-20(2-4-21)18-37-19-26(32-27(34)17-33-13-15-36-16-14-33)28(35)31-23-7-11-25(12-8-23)38-24-9-5-22(30)6-10-24/h1-12,26H,13-19H2,(H,31,35)(H,32,34). The summed E-state index contributed by atoms with van der Waals surface area (Å²) in [5.41, 5.74) is 1.23. The van der Waals surface area contributed by atoms with Crippen molar-refractivity contribution in [3.63, 3.8) is 0 Å². The Kier molecular flexibility index (Phi) is 9.74. The largest absolute Gasteiger partial charge is 0.457 e. The molecular formula is C28H29F2N3O5. The van der Waals surface area contributed by atoms with Crippen LogP contribution in [0.4, 0.5) is 14.5 Å². The van der Waals surface area contributed by atoms with E-state index in [1.54, 1.807) is 36.4 Å². The lowest BCUT2D eigenvalue weighted by molar-refractivity contribution is -0.129. The first kappa shape index (κ1) is 27.2. The first-order valence-electron chi connectivity index (χ1n) is 12.2. The SMILES string of the molecule is O=C(CN1CCOCC1)NC(COCc1ccc(F)cc1)C(=O)Nc1ccc(Oc2ccc(F)cc2)cc1. The van der Waals surface area contributed by atoms with Crippen molar-refractivity contribution in [2.45, 2.75) is 12.6 Å². The number of ether oxygens (including phenoxy) is 3. The zero-order chi connectivity index (χ0) is 26.7. The average molecular weight is 526 g/mol. The van der Waals surface area contributed by atoms with Crippen LogP contribution >= 0.6 is 0 Å². The number of benzene rings is 3. The monoisotopic (exact) mass is 525 g/mol. The van der Waals surface area contributed by atoms with Gasteiger partial charge in [-0.05, 0) is 66.2 Å². The van der Waals surface area contributed by atoms with Crippen molar-refractivity contribution in [2.24, 2.45) is 0 Å². The van der Waals surface area contributed by atoms with E-state index in [9.17, 15) is 18.4 Å². The van der Waals surface area contributed by atoms with Gasteiger partial charge in [-0.1, -0.05) is 12.1 Å². The smallest absolute Gasteiger partial charge is 0.249 e. The predicted octanol–water partition coefficient (Wildman–Crippen LogP) is 3.73. The number of anilines is 1. The summed E-state index contributed by atoms with van der Waals surface area (Å²) in [5, 5.41) is 5.54. The number of hydrogen-bond donors (Lipinski definition) is 2. The molecule has 0 aliphatic carbocycles. The molecule has 1 atom stereocenters. The summed E-state index contributed by atoms with van der Waals surface area (Å²) in [7, 11) is 0. The normalized spacial score (nSPS) is 14.5. The first-order chi connectivity index (χ1) is 18.4. The van der Waals surface area contributed by atoms with Crippen LogP contribution in [0.15, 0.2) is 72.8 Å². The van der Waals surface area contributed by atoms with E-state index in [1.165, 1.54) is 36.4 Å². The molecule has 8 nitrogen and oxygen atoms in total. The van der Waals surface area contributed by atoms with Crippen molar-refractivity contribution in [3.05, 3.63) is 90.0 Å². The Morgan fingerprint density at radius 2 is 1.45 bits per heavy atom. The third-order valence-corrected chi connectivity index (χ3v) is 5.76. The maximum atomic E-state index is 13.2. The molecule has 1 fully saturated rings. The first-order valence-corrected chi connectivity index (χ1v) is 12.2. The minimum atomic E-state index is -0.959. The molecule has 0 spiro atoms. The van der Waals surface area contributed by atoms with Gasteiger partial charge in [0.2, 0.25) is 11.8 Å². The Balaban J connectivity index is 1.35. The van der Waals surface area contributed by atoms with Gasteiger partial charge in [-0.2, -0.15) is 0 Å². The molecule has 0 saturated carbocycles. The van der Waals surface area contributed by atoms with Gasteiger partial charge < -0.3 is 24.8 Å². The van der Waals surface area contributed by atoms with Crippen LogP contribution in [0.5, 0.6) is 11.5 Å². The van der Waals surface area contributed by atoms with Crippen molar-refractivity contribution in [1.29, 1.82) is 0 Å². The molecule has 2 N–H and O–H groups in total. The Labute approximate surface area is 219 Å². The van der Waals surface area contributed by atoms with Gasteiger partial charge in [-0.3, -0.25) is 14.5 Å². The van der Waals surface area contributed by atoms with Crippen LogP contribution in [-0.4, -0.2) is 62.2 Å². The number of amides is 2. The van der Waals surface area contributed by atoms with E-state index < -0.39 is 11.9 Å². The van der Waals surface area contributed by atoms with Crippen LogP contribution in [0.25, 0.3) is 0 Å². The van der Waals surface area contributed by atoms with Crippen molar-refractivity contribution in [2.75, 3.05) is 44.8 Å². The van der Waals surface area contributed by atoms with Crippen LogP contribution < -0.4 is 15.4 Å². The minimum absolute atomic E-state index is 0.0795. The summed E-state index contributed by atoms with van der Waals surface area (Å²) >= 11 is 0. The topological polar surface area (TPSA) is 89.1 Å². The number of carbonyl (C=O) groups excluding carboxylic acids is 2. The fourth-order valence-corrected chi connectivity index (χ4v) is 3.73. The molecule has 2 amide bonds. The summed E-state index contributed by atoms with van der Waals surface area (Å²) in [4.78, 5) is 27.7. The van der Waals surface area contributed by atoms with Crippen LogP contribution in [0.1, 0.15) is 5.56 Å². The molecule has 1 unspecified atom stereocenters. The Morgan fingerprint density at radius 3 is 2.08 bits per heavy atom. The molecule has 4 rings (SSSR count). The number of nitrogens with zero attached hydrogens (tertiary/aromatic N) is 1. The fraction of sp³-hybridized carbons (Fsp3) is 0.286. The van der Waals surface area contributed by atoms with Crippen LogP contribution in [0.2, 0.25) is 0 Å². The number of halogens is 2. The quantitative estimate of drug-likeness (QED) is 0.397. The van der Waals surface area contributed by atoms with Gasteiger partial charge in [0.15, 0.2) is 0 Å². The van der Waals surface area contributed by atoms with E-state index in [2.05, 4.69) is 10.6 Å². The number of carbonyl (C=O) groups is 2. The van der Waals surface area contributed by atoms with Crippen molar-refractivity contribution < 1.29 is 32.6 Å². The summed E-state index contributed by atoms with van der Waals surface area (Å²) in [6, 6.07) is 17.2. The molecule has 0 bridgehead atoms. The van der Waals surface area contributed by atoms with Crippen LogP contribution in [0.3, 0.4) is 0 Å². The highest BCUT2D eigenvalue weighted by Gasteiger charge is 2.23. The summed E-state index contributed by atoms with van der Waals surface area (Å²) in [6.07, 6.45) is 0. The molecule has 0 aromatic heterocycles. The highest BCUT2D eigenvalue weighted by molar-refractivity contribution is 5.97. The van der Waals surface area contributed by atoms with E-state index >= 15 is 0 Å². The average Bonchev–Trinajstić information content (AvgIpc) is 2.92. The summed E-state index contributed by atoms with van der Waals surface area (Å²) in [6.45, 7) is 2.59. The van der Waals surface area contributed by atoms with Gasteiger partial charge in [-0.15, -0.1) is 0 Å². The maximum absolute atomic E-state index is 13.2. The van der Waals surface area contributed by atoms with E-state index in [0.29, 0.717) is 43.5 Å². The lowest BCUT2D eigenvalue weighted by atomic mass is 10.2. The fourth-order valence-electron chi connectivity index (χ4n) is 3.73.